The second-order valence-electron chi connectivity index (χ2n) is 18.2. The molecule has 3 heterocycles. The molecule has 0 saturated carbocycles. The summed E-state index contributed by atoms with van der Waals surface area (Å²) >= 11 is 0. The highest BCUT2D eigenvalue weighted by Gasteiger charge is 2.51. The number of fused-ring (bicyclic) bond motifs is 4. The lowest BCUT2D eigenvalue weighted by Gasteiger charge is -2.44. The highest BCUT2D eigenvalue weighted by Crippen LogP contribution is 2.53. The quantitative estimate of drug-likeness (QED) is 0.0451. The van der Waals surface area contributed by atoms with Crippen molar-refractivity contribution in [3.05, 3.63) is 110 Å². The van der Waals surface area contributed by atoms with E-state index in [2.05, 4.69) is 21.0 Å². The number of hydrogen-bond donors (Lipinski definition) is 10. The van der Waals surface area contributed by atoms with Gasteiger partial charge >= 0.3 is 5.69 Å². The third-order valence-corrected chi connectivity index (χ3v) is 13.5. The number of H-pyrrole nitrogens is 1. The molecule has 4 aromatic carbocycles. The number of hydrogen-bond acceptors (Lipinski definition) is 17. The molecular formula is C49H51N7O14. The zero-order chi connectivity index (χ0) is 50.1. The predicted molar refractivity (Wildman–Crippen MR) is 248 cm³/mol. The number of nitrogens with two attached hydrogens (primary N) is 1. The lowest BCUT2D eigenvalue weighted by Crippen LogP contribution is -2.60. The molecule has 3 aliphatic rings. The predicted octanol–water partition coefficient (Wildman–Crippen LogP) is 2.75. The molecule has 1 amide bonds. The van der Waals surface area contributed by atoms with Gasteiger partial charge in [-0.05, 0) is 54.8 Å². The van der Waals surface area contributed by atoms with E-state index in [0.29, 0.717) is 28.4 Å². The molecule has 9 rings (SSSR count). The van der Waals surface area contributed by atoms with Crippen LogP contribution in [0.5, 0.6) is 28.7 Å². The topological polar surface area (TPSA) is 323 Å². The number of amides is 1. The number of ether oxygens (including phenoxy) is 3. The normalized spacial score (nSPS) is 22.4. The zero-order valence-corrected chi connectivity index (χ0v) is 38.3. The van der Waals surface area contributed by atoms with Gasteiger partial charge in [0.1, 0.15) is 41.1 Å². The molecule has 2 aromatic heterocycles. The Labute approximate surface area is 398 Å². The standard InChI is InChI=1S/C49H51N7O14/c1-21(2)26-15-27(32(59)17-31(26)58)47-53-54-48(66)56(47)24-8-9-30-23(14-24)10-12-55(30)13-11-36(60)52-51-35(20-57)49(67)18-28-39(34(19-49)70-37-16-29(50)42(61)22(3)69-37)46(65)41-40(44(28)63)43(62)25-6-5-7-33(68-4)38(25)45(41)64/h5-10,12,14-15,17,20-22,29,34-35,37,42,51,58-59,61,63,65,67H,11,13,16,18-19,50H2,1-4H3,(H,52,60)(H,54,66). The summed E-state index contributed by atoms with van der Waals surface area (Å²) in [6.07, 6.45) is -3.57. The van der Waals surface area contributed by atoms with Gasteiger partial charge in [0.15, 0.2) is 17.9 Å². The van der Waals surface area contributed by atoms with Crippen LogP contribution in [0.3, 0.4) is 0 Å². The first-order chi connectivity index (χ1) is 33.3. The van der Waals surface area contributed by atoms with E-state index in [1.807, 2.05) is 13.8 Å². The smallest absolute Gasteiger partial charge is 0.348 e. The van der Waals surface area contributed by atoms with Crippen molar-refractivity contribution in [3.63, 3.8) is 0 Å². The van der Waals surface area contributed by atoms with Gasteiger partial charge in [-0.3, -0.25) is 19.8 Å². The number of hydrazine groups is 1. The molecule has 1 saturated heterocycles. The Morgan fingerprint density at radius 2 is 1.77 bits per heavy atom. The lowest BCUT2D eigenvalue weighted by atomic mass is 9.71. The van der Waals surface area contributed by atoms with E-state index in [0.717, 1.165) is 0 Å². The Hall–Kier alpha value is -7.40. The third kappa shape index (κ3) is 8.04. The van der Waals surface area contributed by atoms with E-state index < -0.39 is 101 Å². The fraction of sp³-hybridized carbons (Fsp3) is 0.347. The van der Waals surface area contributed by atoms with E-state index in [1.165, 1.54) is 35.9 Å². The highest BCUT2D eigenvalue weighted by molar-refractivity contribution is 6.31. The first-order valence-electron chi connectivity index (χ1n) is 22.5. The molecule has 1 aliphatic heterocycles. The van der Waals surface area contributed by atoms with E-state index in [-0.39, 0.29) is 76.2 Å². The molecule has 366 valence electrons. The van der Waals surface area contributed by atoms with Gasteiger partial charge in [0.05, 0.1) is 59.0 Å². The minimum Gasteiger partial charge on any atom is -0.508 e. The third-order valence-electron chi connectivity index (χ3n) is 13.5. The number of ketones is 2. The van der Waals surface area contributed by atoms with Gasteiger partial charge in [-0.2, -0.15) is 5.10 Å². The first-order valence-corrected chi connectivity index (χ1v) is 22.5. The van der Waals surface area contributed by atoms with Gasteiger partial charge in [-0.25, -0.2) is 19.9 Å². The number of aliphatic hydroxyl groups excluding tert-OH is 1. The number of aliphatic hydroxyl groups is 2. The Bertz CT molecular complexity index is 3160. The molecule has 2 aliphatic carbocycles. The van der Waals surface area contributed by atoms with Crippen molar-refractivity contribution in [2.45, 2.75) is 101 Å². The van der Waals surface area contributed by atoms with Crippen molar-refractivity contribution in [2.75, 3.05) is 7.11 Å². The van der Waals surface area contributed by atoms with Gasteiger partial charge in [0.25, 0.3) is 0 Å². The van der Waals surface area contributed by atoms with Crippen LogP contribution < -0.4 is 27.0 Å². The number of phenolic OH excluding ortho intramolecular Hbond substituents is 4. The second-order valence-corrected chi connectivity index (χ2v) is 18.2. The maximum Gasteiger partial charge on any atom is 0.348 e. The van der Waals surface area contributed by atoms with Crippen LogP contribution >= 0.6 is 0 Å². The van der Waals surface area contributed by atoms with Crippen LogP contribution in [0.15, 0.2) is 65.6 Å². The Morgan fingerprint density at radius 3 is 2.49 bits per heavy atom. The summed E-state index contributed by atoms with van der Waals surface area (Å²) in [6, 6.07) is 11.7. The molecule has 70 heavy (non-hydrogen) atoms. The van der Waals surface area contributed by atoms with Gasteiger partial charge in [0, 0.05) is 78.1 Å². The summed E-state index contributed by atoms with van der Waals surface area (Å²) < 4.78 is 20.6. The van der Waals surface area contributed by atoms with Crippen molar-refractivity contribution < 1.29 is 64.0 Å². The number of aromatic hydroxyl groups is 4. The molecule has 0 spiro atoms. The van der Waals surface area contributed by atoms with Crippen LogP contribution in [0.1, 0.15) is 101 Å². The summed E-state index contributed by atoms with van der Waals surface area (Å²) in [7, 11) is 1.31. The molecule has 1 fully saturated rings. The maximum atomic E-state index is 14.1. The summed E-state index contributed by atoms with van der Waals surface area (Å²) in [6.45, 7) is 5.47. The number of benzene rings is 4. The van der Waals surface area contributed by atoms with Crippen LogP contribution in [0.4, 0.5) is 0 Å². The largest absolute Gasteiger partial charge is 0.508 e. The van der Waals surface area contributed by atoms with E-state index in [9.17, 15) is 54.6 Å². The van der Waals surface area contributed by atoms with Gasteiger partial charge in [-0.1, -0.05) is 26.0 Å². The monoisotopic (exact) mass is 961 g/mol. The number of aldehydes is 1. The van der Waals surface area contributed by atoms with Crippen LogP contribution in [-0.4, -0.2) is 117 Å². The molecule has 7 atom stereocenters. The van der Waals surface area contributed by atoms with Crippen molar-refractivity contribution in [2.24, 2.45) is 5.73 Å². The van der Waals surface area contributed by atoms with E-state index in [1.54, 1.807) is 48.0 Å². The van der Waals surface area contributed by atoms with Gasteiger partial charge in [-0.15, -0.1) is 0 Å². The number of aromatic nitrogens is 4. The summed E-state index contributed by atoms with van der Waals surface area (Å²) in [4.78, 5) is 67.5. The van der Waals surface area contributed by atoms with E-state index >= 15 is 0 Å². The summed E-state index contributed by atoms with van der Waals surface area (Å²) in [5.41, 5.74) is 8.81. The van der Waals surface area contributed by atoms with Gasteiger partial charge < -0.3 is 59.9 Å². The minimum atomic E-state index is -2.20. The molecule has 21 nitrogen and oxygen atoms in total. The lowest BCUT2D eigenvalue weighted by molar-refractivity contribution is -0.248. The number of carbonyl (C=O) groups is 4. The second kappa shape index (κ2) is 18.2. The van der Waals surface area contributed by atoms with Crippen LogP contribution in [0.25, 0.3) is 28.0 Å². The van der Waals surface area contributed by atoms with Crippen LogP contribution in [-0.2, 0) is 32.0 Å². The molecule has 11 N–H and O–H groups in total. The maximum absolute atomic E-state index is 14.1. The Morgan fingerprint density at radius 1 is 1.01 bits per heavy atom. The number of methoxy groups -OCH3 is 1. The average molecular weight is 962 g/mol. The fourth-order valence-corrected chi connectivity index (χ4v) is 9.87. The van der Waals surface area contributed by atoms with Crippen molar-refractivity contribution in [1.29, 1.82) is 0 Å². The van der Waals surface area contributed by atoms with Crippen molar-refractivity contribution >= 4 is 34.7 Å². The number of nitrogens with zero attached hydrogens (tertiary/aromatic N) is 3. The molecule has 7 unspecified atom stereocenters. The minimum absolute atomic E-state index is 0.0459. The molecule has 0 bridgehead atoms. The SMILES string of the molecule is COc1cccc2c1C(=O)c1c(O)c3c(c(O)c1C2=O)CC(O)(C(C=O)NNC(=O)CCn1ccc2cc(-n4c(-c5cc(C(C)C)c(O)cc5O)n[nH]c4=O)ccc21)CC3OC1CC(N)C(O)C(C)O1. The molecule has 0 radical (unpaired) electrons. The molecular weight excluding hydrogens is 911 g/mol. The number of carbonyl (C=O) groups excluding carboxylic acids is 4. The summed E-state index contributed by atoms with van der Waals surface area (Å²) in [5, 5.41) is 75.2. The fourth-order valence-electron chi connectivity index (χ4n) is 9.87. The van der Waals surface area contributed by atoms with E-state index in [4.69, 9.17) is 19.9 Å². The highest BCUT2D eigenvalue weighted by atomic mass is 16.7. The van der Waals surface area contributed by atoms with Crippen molar-refractivity contribution in [1.82, 2.24) is 30.2 Å². The molecule has 6 aromatic rings. The number of rotatable bonds is 13. The van der Waals surface area contributed by atoms with Crippen molar-refractivity contribution in [3.8, 4) is 45.8 Å². The number of aromatic amines is 1. The number of aryl methyl sites for hydroxylation is 1. The van der Waals surface area contributed by atoms with Gasteiger partial charge in [0.2, 0.25) is 11.7 Å². The zero-order valence-electron chi connectivity index (χ0n) is 38.3. The number of nitrogens with one attached hydrogen (secondary N) is 3. The Balaban J connectivity index is 0.949. The van der Waals surface area contributed by atoms with Crippen LogP contribution in [0.2, 0.25) is 0 Å². The average Bonchev–Trinajstić information content (AvgIpc) is 3.92. The molecule has 21 heteroatoms. The number of phenols is 4. The van der Waals surface area contributed by atoms with Crippen LogP contribution in [0, 0.1) is 0 Å². The first kappa shape index (κ1) is 47.7. The Kier molecular flexibility index (Phi) is 12.4. The summed E-state index contributed by atoms with van der Waals surface area (Å²) in [5.74, 6) is -3.92.